The predicted octanol–water partition coefficient (Wildman–Crippen LogP) is 5.71. The second-order valence-corrected chi connectivity index (χ2v) is 13.2. The molecule has 2 bridgehead atoms. The number of nitrogens with two attached hydrogens (primary N) is 1. The molecule has 13 heteroatoms. The standard InChI is InChI=1S/C31H34ClF4N7O/c1-3-29-7-5-19(41-29)14-42(15-29)27-21-10-22(32)20(26-25(31(34,35)36)17(2)9-24(37)39-26)11-23(21)38-28(40-27)44-16-30-6-4-8-43(30)13-18(33)12-30/h3,9-11,18-19,41H,1,4-8,12-16H2,2H3,(H2,37,39). The van der Waals surface area contributed by atoms with Gasteiger partial charge < -0.3 is 20.7 Å². The van der Waals surface area contributed by atoms with Gasteiger partial charge in [0.25, 0.3) is 0 Å². The molecule has 7 rings (SSSR count). The van der Waals surface area contributed by atoms with E-state index in [0.717, 1.165) is 32.2 Å². The maximum Gasteiger partial charge on any atom is 0.418 e. The highest BCUT2D eigenvalue weighted by atomic mass is 35.5. The number of alkyl halides is 4. The molecule has 0 amide bonds. The summed E-state index contributed by atoms with van der Waals surface area (Å²) in [5.74, 6) is 0.518. The van der Waals surface area contributed by atoms with Crippen molar-refractivity contribution in [3.05, 3.63) is 47.0 Å². The van der Waals surface area contributed by atoms with Crippen LogP contribution in [0.15, 0.2) is 30.9 Å². The molecule has 0 aliphatic carbocycles. The Morgan fingerprint density at radius 2 is 2.02 bits per heavy atom. The first-order valence-corrected chi connectivity index (χ1v) is 15.3. The zero-order valence-electron chi connectivity index (χ0n) is 24.4. The molecule has 0 saturated carbocycles. The zero-order valence-corrected chi connectivity index (χ0v) is 25.1. The van der Waals surface area contributed by atoms with E-state index in [0.29, 0.717) is 42.8 Å². The summed E-state index contributed by atoms with van der Waals surface area (Å²) >= 11 is 6.74. The van der Waals surface area contributed by atoms with Gasteiger partial charge in [0.2, 0.25) is 0 Å². The number of hydrogen-bond acceptors (Lipinski definition) is 8. The fourth-order valence-corrected chi connectivity index (χ4v) is 8.05. The minimum atomic E-state index is -4.69. The first-order chi connectivity index (χ1) is 20.9. The highest BCUT2D eigenvalue weighted by Gasteiger charge is 2.49. The second kappa shape index (κ2) is 10.4. The van der Waals surface area contributed by atoms with E-state index in [9.17, 15) is 17.6 Å². The average Bonchev–Trinajstić information content (AvgIpc) is 3.59. The first-order valence-electron chi connectivity index (χ1n) is 14.9. The highest BCUT2D eigenvalue weighted by Crippen LogP contribution is 2.44. The van der Waals surface area contributed by atoms with Crippen LogP contribution >= 0.6 is 11.6 Å². The van der Waals surface area contributed by atoms with Crippen LogP contribution in [0.2, 0.25) is 5.02 Å². The minimum absolute atomic E-state index is 0.0526. The van der Waals surface area contributed by atoms with Gasteiger partial charge in [-0.1, -0.05) is 17.7 Å². The van der Waals surface area contributed by atoms with Crippen molar-refractivity contribution in [2.75, 3.05) is 43.4 Å². The third-order valence-corrected chi connectivity index (χ3v) is 10.1. The topological polar surface area (TPSA) is 92.4 Å². The van der Waals surface area contributed by atoms with Gasteiger partial charge in [-0.2, -0.15) is 23.1 Å². The van der Waals surface area contributed by atoms with Crippen LogP contribution in [0.3, 0.4) is 0 Å². The Morgan fingerprint density at radius 3 is 2.80 bits per heavy atom. The molecule has 0 radical (unpaired) electrons. The summed E-state index contributed by atoms with van der Waals surface area (Å²) in [6.45, 7) is 8.07. The molecule has 6 heterocycles. The largest absolute Gasteiger partial charge is 0.461 e. The monoisotopic (exact) mass is 631 g/mol. The van der Waals surface area contributed by atoms with Crippen LogP contribution in [0.4, 0.5) is 29.2 Å². The van der Waals surface area contributed by atoms with Crippen LogP contribution in [0.1, 0.15) is 43.2 Å². The van der Waals surface area contributed by atoms with E-state index in [-0.39, 0.29) is 51.9 Å². The molecular formula is C31H34ClF4N7O. The molecule has 3 aromatic rings. The summed E-state index contributed by atoms with van der Waals surface area (Å²) in [5, 5.41) is 4.29. The number of nitrogens with zero attached hydrogens (tertiary/aromatic N) is 5. The van der Waals surface area contributed by atoms with Crippen LogP contribution in [0, 0.1) is 6.92 Å². The van der Waals surface area contributed by atoms with Gasteiger partial charge in [0.1, 0.15) is 24.4 Å². The van der Waals surface area contributed by atoms with E-state index in [1.165, 1.54) is 19.1 Å². The van der Waals surface area contributed by atoms with Gasteiger partial charge in [-0.25, -0.2) is 9.37 Å². The fourth-order valence-electron chi connectivity index (χ4n) is 7.80. The Hall–Kier alpha value is -3.22. The number of aryl methyl sites for hydroxylation is 1. The molecule has 2 aromatic heterocycles. The Bertz CT molecular complexity index is 1650. The summed E-state index contributed by atoms with van der Waals surface area (Å²) in [4.78, 5) is 17.9. The number of benzene rings is 1. The lowest BCUT2D eigenvalue weighted by molar-refractivity contribution is -0.137. The summed E-state index contributed by atoms with van der Waals surface area (Å²) in [5.41, 5.74) is 4.27. The van der Waals surface area contributed by atoms with Crippen molar-refractivity contribution < 1.29 is 22.3 Å². The molecule has 8 nitrogen and oxygen atoms in total. The van der Waals surface area contributed by atoms with Crippen LogP contribution in [0.5, 0.6) is 6.01 Å². The Balaban J connectivity index is 1.36. The van der Waals surface area contributed by atoms with E-state index in [1.807, 2.05) is 6.08 Å². The smallest absolute Gasteiger partial charge is 0.418 e. The molecule has 4 atom stereocenters. The van der Waals surface area contributed by atoms with E-state index < -0.39 is 23.5 Å². The van der Waals surface area contributed by atoms with Crippen molar-refractivity contribution in [3.63, 3.8) is 0 Å². The molecule has 0 spiro atoms. The lowest BCUT2D eigenvalue weighted by Crippen LogP contribution is -2.58. The number of nitrogens with one attached hydrogen (secondary N) is 1. The Morgan fingerprint density at radius 1 is 1.20 bits per heavy atom. The quantitative estimate of drug-likeness (QED) is 0.264. The SMILES string of the molecule is C=CC12CCC(CN(c3nc(OCC45CCCN4CC(F)C5)nc4cc(-c5nc(N)cc(C)c5C(F)(F)F)c(Cl)cc34)C1)N2. The van der Waals surface area contributed by atoms with Crippen molar-refractivity contribution >= 4 is 34.1 Å². The molecule has 3 N–H and O–H groups in total. The van der Waals surface area contributed by atoms with Gasteiger partial charge in [-0.3, -0.25) is 4.90 Å². The zero-order chi connectivity index (χ0) is 31.0. The molecule has 4 unspecified atom stereocenters. The van der Waals surface area contributed by atoms with Crippen molar-refractivity contribution in [1.29, 1.82) is 0 Å². The lowest BCUT2D eigenvalue weighted by atomic mass is 9.95. The van der Waals surface area contributed by atoms with E-state index >= 15 is 0 Å². The van der Waals surface area contributed by atoms with Crippen molar-refractivity contribution in [2.24, 2.45) is 0 Å². The summed E-state index contributed by atoms with van der Waals surface area (Å²) in [6, 6.07) is 4.58. The van der Waals surface area contributed by atoms with Gasteiger partial charge in [-0.05, 0) is 62.9 Å². The molecule has 234 valence electrons. The van der Waals surface area contributed by atoms with E-state index in [1.54, 1.807) is 6.07 Å². The number of ether oxygens (including phenoxy) is 1. The normalized spacial score (nSPS) is 28.5. The van der Waals surface area contributed by atoms with Crippen LogP contribution in [0.25, 0.3) is 22.2 Å². The lowest BCUT2D eigenvalue weighted by Gasteiger charge is -2.40. The van der Waals surface area contributed by atoms with Gasteiger partial charge in [0, 0.05) is 43.0 Å². The number of rotatable bonds is 6. The number of aromatic nitrogens is 3. The molecule has 4 aliphatic rings. The van der Waals surface area contributed by atoms with Crippen molar-refractivity contribution in [2.45, 2.75) is 68.5 Å². The maximum atomic E-state index is 14.4. The van der Waals surface area contributed by atoms with Gasteiger partial charge in [0.15, 0.2) is 0 Å². The molecule has 1 aromatic carbocycles. The van der Waals surface area contributed by atoms with Crippen LogP contribution in [-0.4, -0.2) is 75.9 Å². The molecule has 4 fully saturated rings. The van der Waals surface area contributed by atoms with E-state index in [4.69, 9.17) is 27.1 Å². The third kappa shape index (κ3) is 4.95. The number of hydrogen-bond donors (Lipinski definition) is 2. The van der Waals surface area contributed by atoms with Crippen molar-refractivity contribution in [3.8, 4) is 17.3 Å². The fraction of sp³-hybridized carbons (Fsp3) is 0.516. The summed E-state index contributed by atoms with van der Waals surface area (Å²) in [7, 11) is 0. The Kier molecular flexibility index (Phi) is 6.98. The minimum Gasteiger partial charge on any atom is -0.461 e. The maximum absolute atomic E-state index is 14.4. The second-order valence-electron chi connectivity index (χ2n) is 12.7. The van der Waals surface area contributed by atoms with Gasteiger partial charge in [-0.15, -0.1) is 6.58 Å². The highest BCUT2D eigenvalue weighted by molar-refractivity contribution is 6.34. The Labute approximate surface area is 257 Å². The third-order valence-electron chi connectivity index (χ3n) is 9.78. The number of fused-ring (bicyclic) bond motifs is 4. The van der Waals surface area contributed by atoms with Crippen molar-refractivity contribution in [1.82, 2.24) is 25.2 Å². The van der Waals surface area contributed by atoms with Gasteiger partial charge in [0.05, 0.1) is 32.9 Å². The average molecular weight is 632 g/mol. The number of pyridine rings is 1. The van der Waals surface area contributed by atoms with Crippen LogP contribution in [-0.2, 0) is 6.18 Å². The number of halogens is 5. The number of piperazine rings is 1. The first kappa shape index (κ1) is 29.5. The molecule has 4 saturated heterocycles. The molecular weight excluding hydrogens is 598 g/mol. The summed E-state index contributed by atoms with van der Waals surface area (Å²) in [6.07, 6.45) is 0.387. The van der Waals surface area contributed by atoms with E-state index in [2.05, 4.69) is 31.7 Å². The number of nitrogen functional groups attached to an aromatic ring is 1. The van der Waals surface area contributed by atoms with Crippen LogP contribution < -0.4 is 20.7 Å². The molecule has 44 heavy (non-hydrogen) atoms. The summed E-state index contributed by atoms with van der Waals surface area (Å²) < 4.78 is 63.5. The number of anilines is 2. The molecule has 4 aliphatic heterocycles. The van der Waals surface area contributed by atoms with Gasteiger partial charge >= 0.3 is 12.2 Å². The predicted molar refractivity (Wildman–Crippen MR) is 162 cm³/mol.